The Morgan fingerprint density at radius 2 is 2.29 bits per heavy atom. The van der Waals surface area contributed by atoms with E-state index in [4.69, 9.17) is 4.42 Å². The van der Waals surface area contributed by atoms with Gasteiger partial charge in [-0.25, -0.2) is 0 Å². The number of nitrogens with zero attached hydrogens (tertiary/aromatic N) is 2. The van der Waals surface area contributed by atoms with Gasteiger partial charge in [-0.1, -0.05) is 0 Å². The molecule has 0 saturated heterocycles. The van der Waals surface area contributed by atoms with Crippen LogP contribution < -0.4 is 5.32 Å². The number of carbonyl (C=O) groups is 1. The van der Waals surface area contributed by atoms with Crippen molar-refractivity contribution in [2.75, 3.05) is 5.32 Å². The SMILES string of the molecule is Cc1nc(NC(=O)/C=C/c2ccc(C)o2)n[nH]1. The molecule has 2 aromatic rings. The van der Waals surface area contributed by atoms with Gasteiger partial charge < -0.3 is 4.42 Å². The van der Waals surface area contributed by atoms with Gasteiger partial charge in [0.05, 0.1) is 0 Å². The normalized spacial score (nSPS) is 10.9. The number of aromatic amines is 1. The first-order valence-electron chi connectivity index (χ1n) is 5.08. The summed E-state index contributed by atoms with van der Waals surface area (Å²) >= 11 is 0. The Kier molecular flexibility index (Phi) is 3.04. The molecular formula is C11H12N4O2. The van der Waals surface area contributed by atoms with E-state index in [-0.39, 0.29) is 11.9 Å². The predicted molar refractivity (Wildman–Crippen MR) is 62.2 cm³/mol. The van der Waals surface area contributed by atoms with E-state index in [9.17, 15) is 4.79 Å². The standard InChI is InChI=1S/C11H12N4O2/c1-7-3-4-9(17-7)5-6-10(16)13-11-12-8(2)14-15-11/h3-6H,1-2H3,(H2,12,13,14,15,16)/b6-5+. The number of aryl methyl sites for hydroxylation is 2. The van der Waals surface area contributed by atoms with Crippen molar-refractivity contribution < 1.29 is 9.21 Å². The van der Waals surface area contributed by atoms with Gasteiger partial charge >= 0.3 is 0 Å². The zero-order valence-corrected chi connectivity index (χ0v) is 9.52. The Hall–Kier alpha value is -2.37. The summed E-state index contributed by atoms with van der Waals surface area (Å²) in [6, 6.07) is 3.62. The van der Waals surface area contributed by atoms with Gasteiger partial charge in [-0.05, 0) is 32.1 Å². The van der Waals surface area contributed by atoms with E-state index in [0.29, 0.717) is 11.6 Å². The summed E-state index contributed by atoms with van der Waals surface area (Å²) in [5.74, 6) is 2.02. The average Bonchev–Trinajstić information content (AvgIpc) is 2.85. The highest BCUT2D eigenvalue weighted by Gasteiger charge is 2.02. The molecule has 2 rings (SSSR count). The smallest absolute Gasteiger partial charge is 0.250 e. The van der Waals surface area contributed by atoms with E-state index in [1.165, 1.54) is 6.08 Å². The predicted octanol–water partition coefficient (Wildman–Crippen LogP) is 1.67. The Morgan fingerprint density at radius 3 is 2.88 bits per heavy atom. The molecule has 0 aromatic carbocycles. The van der Waals surface area contributed by atoms with E-state index in [1.807, 2.05) is 13.0 Å². The average molecular weight is 232 g/mol. The number of anilines is 1. The number of amides is 1. The summed E-state index contributed by atoms with van der Waals surface area (Å²) < 4.78 is 5.28. The van der Waals surface area contributed by atoms with Crippen molar-refractivity contribution in [2.45, 2.75) is 13.8 Å². The third kappa shape index (κ3) is 3.04. The van der Waals surface area contributed by atoms with Crippen molar-refractivity contribution in [3.63, 3.8) is 0 Å². The number of furan rings is 1. The molecular weight excluding hydrogens is 220 g/mol. The van der Waals surface area contributed by atoms with Gasteiger partial charge in [-0.3, -0.25) is 15.2 Å². The fourth-order valence-corrected chi connectivity index (χ4v) is 1.25. The molecule has 0 aliphatic heterocycles. The highest BCUT2D eigenvalue weighted by molar-refractivity contribution is 6.00. The van der Waals surface area contributed by atoms with Gasteiger partial charge in [0.15, 0.2) is 0 Å². The Morgan fingerprint density at radius 1 is 1.47 bits per heavy atom. The molecule has 0 aliphatic carbocycles. The molecule has 17 heavy (non-hydrogen) atoms. The van der Waals surface area contributed by atoms with Crippen molar-refractivity contribution in [1.82, 2.24) is 15.2 Å². The van der Waals surface area contributed by atoms with E-state index in [0.717, 1.165) is 5.76 Å². The molecule has 0 aliphatic rings. The maximum atomic E-state index is 11.5. The molecule has 88 valence electrons. The number of aromatic nitrogens is 3. The first-order valence-corrected chi connectivity index (χ1v) is 5.08. The zero-order valence-electron chi connectivity index (χ0n) is 9.52. The molecule has 0 bridgehead atoms. The molecule has 0 saturated carbocycles. The van der Waals surface area contributed by atoms with Gasteiger partial charge in [0.25, 0.3) is 5.91 Å². The molecule has 2 aromatic heterocycles. The Bertz CT molecular complexity index is 553. The maximum absolute atomic E-state index is 11.5. The molecule has 0 unspecified atom stereocenters. The first kappa shape index (κ1) is 11.1. The van der Waals surface area contributed by atoms with Crippen LogP contribution in [0, 0.1) is 13.8 Å². The molecule has 0 radical (unpaired) electrons. The fraction of sp³-hybridized carbons (Fsp3) is 0.182. The van der Waals surface area contributed by atoms with Crippen LogP contribution in [-0.2, 0) is 4.79 Å². The van der Waals surface area contributed by atoms with Gasteiger partial charge in [-0.2, -0.15) is 4.98 Å². The van der Waals surface area contributed by atoms with Crippen molar-refractivity contribution >= 4 is 17.9 Å². The number of hydrogen-bond donors (Lipinski definition) is 2. The lowest BCUT2D eigenvalue weighted by atomic mass is 10.4. The van der Waals surface area contributed by atoms with Gasteiger partial charge in [-0.15, -0.1) is 5.10 Å². The van der Waals surface area contributed by atoms with Crippen molar-refractivity contribution in [2.24, 2.45) is 0 Å². The van der Waals surface area contributed by atoms with Crippen LogP contribution >= 0.6 is 0 Å². The summed E-state index contributed by atoms with van der Waals surface area (Å²) in [5.41, 5.74) is 0. The Balaban J connectivity index is 1.95. The molecule has 0 atom stereocenters. The van der Waals surface area contributed by atoms with Gasteiger partial charge in [0, 0.05) is 6.08 Å². The summed E-state index contributed by atoms with van der Waals surface area (Å²) in [4.78, 5) is 15.4. The van der Waals surface area contributed by atoms with Crippen LogP contribution in [-0.4, -0.2) is 21.1 Å². The zero-order chi connectivity index (χ0) is 12.3. The van der Waals surface area contributed by atoms with Crippen LogP contribution in [0.3, 0.4) is 0 Å². The van der Waals surface area contributed by atoms with Crippen LogP contribution in [0.2, 0.25) is 0 Å². The second-order valence-electron chi connectivity index (χ2n) is 3.52. The quantitative estimate of drug-likeness (QED) is 0.788. The Labute approximate surface area is 97.7 Å². The molecule has 6 heteroatoms. The second kappa shape index (κ2) is 4.65. The number of carbonyl (C=O) groups excluding carboxylic acids is 1. The monoisotopic (exact) mass is 232 g/mol. The molecule has 6 nitrogen and oxygen atoms in total. The van der Waals surface area contributed by atoms with Crippen molar-refractivity contribution in [3.8, 4) is 0 Å². The van der Waals surface area contributed by atoms with E-state index in [2.05, 4.69) is 20.5 Å². The van der Waals surface area contributed by atoms with Crippen LogP contribution in [0.15, 0.2) is 22.6 Å². The van der Waals surface area contributed by atoms with Crippen LogP contribution in [0.25, 0.3) is 6.08 Å². The molecule has 2 N–H and O–H groups in total. The largest absolute Gasteiger partial charge is 0.462 e. The number of nitrogens with one attached hydrogen (secondary N) is 2. The fourth-order valence-electron chi connectivity index (χ4n) is 1.25. The van der Waals surface area contributed by atoms with Crippen LogP contribution in [0.4, 0.5) is 5.95 Å². The van der Waals surface area contributed by atoms with Gasteiger partial charge in [0.2, 0.25) is 5.95 Å². The molecule has 2 heterocycles. The third-order valence-electron chi connectivity index (χ3n) is 1.99. The molecule has 1 amide bonds. The highest BCUT2D eigenvalue weighted by Crippen LogP contribution is 2.08. The maximum Gasteiger partial charge on any atom is 0.250 e. The highest BCUT2D eigenvalue weighted by atomic mass is 16.3. The first-order chi connectivity index (χ1) is 8.13. The summed E-state index contributed by atoms with van der Waals surface area (Å²) in [5, 5.41) is 8.94. The number of hydrogen-bond acceptors (Lipinski definition) is 4. The van der Waals surface area contributed by atoms with Crippen molar-refractivity contribution in [3.05, 3.63) is 35.6 Å². The van der Waals surface area contributed by atoms with E-state index in [1.54, 1.807) is 19.1 Å². The van der Waals surface area contributed by atoms with E-state index < -0.39 is 0 Å². The van der Waals surface area contributed by atoms with Crippen LogP contribution in [0.5, 0.6) is 0 Å². The topological polar surface area (TPSA) is 83.8 Å². The molecule has 0 fully saturated rings. The van der Waals surface area contributed by atoms with Gasteiger partial charge in [0.1, 0.15) is 17.3 Å². The minimum Gasteiger partial charge on any atom is -0.462 e. The number of H-pyrrole nitrogens is 1. The lowest BCUT2D eigenvalue weighted by Crippen LogP contribution is -2.08. The number of rotatable bonds is 3. The summed E-state index contributed by atoms with van der Waals surface area (Å²) in [6.07, 6.45) is 2.95. The molecule has 0 spiro atoms. The lowest BCUT2D eigenvalue weighted by Gasteiger charge is -1.93. The van der Waals surface area contributed by atoms with Crippen molar-refractivity contribution in [1.29, 1.82) is 0 Å². The van der Waals surface area contributed by atoms with E-state index >= 15 is 0 Å². The summed E-state index contributed by atoms with van der Waals surface area (Å²) in [7, 11) is 0. The minimum absolute atomic E-state index is 0.257. The second-order valence-corrected chi connectivity index (χ2v) is 3.52. The summed E-state index contributed by atoms with van der Waals surface area (Å²) in [6.45, 7) is 3.60. The lowest BCUT2D eigenvalue weighted by molar-refractivity contribution is -0.111. The van der Waals surface area contributed by atoms with Crippen LogP contribution in [0.1, 0.15) is 17.3 Å². The third-order valence-corrected chi connectivity index (χ3v) is 1.99. The minimum atomic E-state index is -0.307.